The molecule has 1 heterocycles. The number of hydrogen-bond donors (Lipinski definition) is 1. The van der Waals surface area contributed by atoms with Gasteiger partial charge in [0.15, 0.2) is 5.78 Å². The van der Waals surface area contributed by atoms with Crippen LogP contribution in [0.2, 0.25) is 0 Å². The van der Waals surface area contributed by atoms with Gasteiger partial charge in [0.25, 0.3) is 0 Å². The Hall–Kier alpha value is -2.86. The molecule has 0 atom stereocenters. The van der Waals surface area contributed by atoms with Gasteiger partial charge >= 0.3 is 0 Å². The number of benzene rings is 2. The highest BCUT2D eigenvalue weighted by Crippen LogP contribution is 2.26. The number of nitrogens with zero attached hydrogens (tertiary/aromatic N) is 1. The van der Waals surface area contributed by atoms with E-state index >= 15 is 0 Å². The summed E-state index contributed by atoms with van der Waals surface area (Å²) in [6, 6.07) is 14.7. The number of morpholine rings is 1. The van der Waals surface area contributed by atoms with E-state index in [2.05, 4.69) is 10.2 Å². The average molecular weight is 382 g/mol. The van der Waals surface area contributed by atoms with Gasteiger partial charge in [-0.25, -0.2) is 0 Å². The number of carbonyl (C=O) groups is 2. The molecule has 2 aromatic rings. The largest absolute Gasteiger partial charge is 0.494 e. The van der Waals surface area contributed by atoms with E-state index in [-0.39, 0.29) is 24.5 Å². The Labute approximate surface area is 165 Å². The van der Waals surface area contributed by atoms with Crippen molar-refractivity contribution in [3.63, 3.8) is 0 Å². The molecule has 28 heavy (non-hydrogen) atoms. The van der Waals surface area contributed by atoms with Crippen LogP contribution in [0.3, 0.4) is 0 Å². The van der Waals surface area contributed by atoms with E-state index in [0.717, 1.165) is 30.2 Å². The first-order valence-electron chi connectivity index (χ1n) is 9.65. The van der Waals surface area contributed by atoms with Gasteiger partial charge in [0, 0.05) is 31.5 Å². The third-order valence-electron chi connectivity index (χ3n) is 4.60. The smallest absolute Gasteiger partial charge is 0.224 e. The first-order chi connectivity index (χ1) is 13.7. The van der Waals surface area contributed by atoms with Gasteiger partial charge in [-0.3, -0.25) is 9.59 Å². The van der Waals surface area contributed by atoms with Gasteiger partial charge in [-0.1, -0.05) is 12.1 Å². The molecular weight excluding hydrogens is 356 g/mol. The Morgan fingerprint density at radius 2 is 1.75 bits per heavy atom. The van der Waals surface area contributed by atoms with Crippen molar-refractivity contribution in [2.45, 2.75) is 19.8 Å². The lowest BCUT2D eigenvalue weighted by atomic mass is 10.1. The predicted octanol–water partition coefficient (Wildman–Crippen LogP) is 3.52. The van der Waals surface area contributed by atoms with Gasteiger partial charge in [-0.2, -0.15) is 0 Å². The molecule has 0 aromatic heterocycles. The minimum atomic E-state index is -0.167. The number of carbonyl (C=O) groups excluding carboxylic acids is 2. The second kappa shape index (κ2) is 9.90. The van der Waals surface area contributed by atoms with Crippen LogP contribution < -0.4 is 15.0 Å². The molecule has 0 radical (unpaired) electrons. The molecule has 6 heteroatoms. The molecule has 1 aliphatic heterocycles. The van der Waals surface area contributed by atoms with Crippen LogP contribution in [0.1, 0.15) is 30.1 Å². The number of Topliss-reactive ketones (excluding diaryl/α,β-unsaturated/α-hetero) is 1. The van der Waals surface area contributed by atoms with Crippen molar-refractivity contribution >= 4 is 23.1 Å². The number of amides is 1. The Morgan fingerprint density at radius 1 is 1.04 bits per heavy atom. The first-order valence-corrected chi connectivity index (χ1v) is 9.65. The minimum absolute atomic E-state index is 0.0559. The summed E-state index contributed by atoms with van der Waals surface area (Å²) in [6.07, 6.45) is 0.309. The number of ether oxygens (including phenoxy) is 2. The fraction of sp³-hybridized carbons (Fsp3) is 0.364. The Bertz CT molecular complexity index is 798. The zero-order chi connectivity index (χ0) is 19.8. The third-order valence-corrected chi connectivity index (χ3v) is 4.60. The van der Waals surface area contributed by atoms with Gasteiger partial charge in [0.2, 0.25) is 5.91 Å². The highest BCUT2D eigenvalue weighted by Gasteiger charge is 2.16. The lowest BCUT2D eigenvalue weighted by Gasteiger charge is -2.30. The summed E-state index contributed by atoms with van der Waals surface area (Å²) < 4.78 is 10.8. The Kier molecular flexibility index (Phi) is 7.03. The second-order valence-electron chi connectivity index (χ2n) is 6.55. The molecule has 1 saturated heterocycles. The molecule has 1 amide bonds. The van der Waals surface area contributed by atoms with Gasteiger partial charge in [0.1, 0.15) is 5.75 Å². The normalized spacial score (nSPS) is 13.8. The molecular formula is C22H26N2O4. The lowest BCUT2D eigenvalue weighted by molar-refractivity contribution is -0.116. The van der Waals surface area contributed by atoms with Crippen molar-refractivity contribution in [2.24, 2.45) is 0 Å². The Morgan fingerprint density at radius 3 is 2.46 bits per heavy atom. The molecule has 6 nitrogen and oxygen atoms in total. The van der Waals surface area contributed by atoms with Crippen LogP contribution in [0, 0.1) is 0 Å². The zero-order valence-corrected chi connectivity index (χ0v) is 16.1. The van der Waals surface area contributed by atoms with Gasteiger partial charge in [-0.05, 0) is 43.3 Å². The van der Waals surface area contributed by atoms with Crippen LogP contribution in [-0.2, 0) is 9.53 Å². The van der Waals surface area contributed by atoms with E-state index < -0.39 is 0 Å². The lowest BCUT2D eigenvalue weighted by Crippen LogP contribution is -2.36. The molecule has 0 aliphatic carbocycles. The van der Waals surface area contributed by atoms with Crippen LogP contribution in [0.25, 0.3) is 0 Å². The van der Waals surface area contributed by atoms with Crippen molar-refractivity contribution in [3.8, 4) is 5.75 Å². The molecule has 1 N–H and O–H groups in total. The SMILES string of the molecule is CCOc1ccc(C(=O)CCC(=O)Nc2ccccc2N2CCOCC2)cc1. The fourth-order valence-corrected chi connectivity index (χ4v) is 3.15. The maximum Gasteiger partial charge on any atom is 0.224 e. The van der Waals surface area contributed by atoms with Crippen molar-refractivity contribution in [3.05, 3.63) is 54.1 Å². The Balaban J connectivity index is 1.55. The number of hydrogen-bond acceptors (Lipinski definition) is 5. The van der Waals surface area contributed by atoms with Crippen LogP contribution in [0.5, 0.6) is 5.75 Å². The summed E-state index contributed by atoms with van der Waals surface area (Å²) in [6.45, 7) is 5.44. The maximum absolute atomic E-state index is 12.4. The van der Waals surface area contributed by atoms with Gasteiger partial charge < -0.3 is 19.7 Å². The molecule has 2 aromatic carbocycles. The van der Waals surface area contributed by atoms with Crippen molar-refractivity contribution < 1.29 is 19.1 Å². The monoisotopic (exact) mass is 382 g/mol. The number of nitrogens with one attached hydrogen (secondary N) is 1. The summed E-state index contributed by atoms with van der Waals surface area (Å²) >= 11 is 0. The van der Waals surface area contributed by atoms with E-state index in [1.807, 2.05) is 31.2 Å². The first kappa shape index (κ1) is 19.9. The molecule has 0 bridgehead atoms. The number of ketones is 1. The molecule has 1 aliphatic rings. The highest BCUT2D eigenvalue weighted by atomic mass is 16.5. The van der Waals surface area contributed by atoms with Crippen LogP contribution in [0.15, 0.2) is 48.5 Å². The zero-order valence-electron chi connectivity index (χ0n) is 16.1. The second-order valence-corrected chi connectivity index (χ2v) is 6.55. The van der Waals surface area contributed by atoms with Gasteiger partial charge in [-0.15, -0.1) is 0 Å². The summed E-state index contributed by atoms with van der Waals surface area (Å²) in [5.74, 6) is 0.510. The van der Waals surface area contributed by atoms with E-state index in [1.165, 1.54) is 0 Å². The number of rotatable bonds is 8. The standard InChI is InChI=1S/C22H26N2O4/c1-2-28-18-9-7-17(8-10-18)21(25)11-12-22(26)23-19-5-3-4-6-20(19)24-13-15-27-16-14-24/h3-10H,2,11-16H2,1H3,(H,23,26). The van der Waals surface area contributed by atoms with Gasteiger partial charge in [0.05, 0.1) is 31.2 Å². The molecule has 1 fully saturated rings. The average Bonchev–Trinajstić information content (AvgIpc) is 2.74. The molecule has 0 saturated carbocycles. The van der Waals surface area contributed by atoms with E-state index in [9.17, 15) is 9.59 Å². The summed E-state index contributed by atoms with van der Waals surface area (Å²) in [5, 5.41) is 2.95. The minimum Gasteiger partial charge on any atom is -0.494 e. The van der Waals surface area contributed by atoms with E-state index in [4.69, 9.17) is 9.47 Å². The molecule has 0 unspecified atom stereocenters. The van der Waals surface area contributed by atoms with E-state index in [1.54, 1.807) is 24.3 Å². The molecule has 148 valence electrons. The van der Waals surface area contributed by atoms with Crippen molar-refractivity contribution in [1.82, 2.24) is 0 Å². The summed E-state index contributed by atoms with van der Waals surface area (Å²) in [4.78, 5) is 26.9. The number of anilines is 2. The molecule has 0 spiro atoms. The maximum atomic E-state index is 12.4. The molecule has 3 rings (SSSR count). The quantitative estimate of drug-likeness (QED) is 0.708. The van der Waals surface area contributed by atoms with Crippen molar-refractivity contribution in [1.29, 1.82) is 0 Å². The third kappa shape index (κ3) is 5.33. The number of para-hydroxylation sites is 2. The van der Waals surface area contributed by atoms with Crippen molar-refractivity contribution in [2.75, 3.05) is 43.1 Å². The van der Waals surface area contributed by atoms with E-state index in [0.29, 0.717) is 25.4 Å². The van der Waals surface area contributed by atoms with Crippen LogP contribution >= 0.6 is 0 Å². The predicted molar refractivity (Wildman–Crippen MR) is 109 cm³/mol. The summed E-state index contributed by atoms with van der Waals surface area (Å²) in [7, 11) is 0. The van der Waals surface area contributed by atoms with Crippen LogP contribution in [0.4, 0.5) is 11.4 Å². The fourth-order valence-electron chi connectivity index (χ4n) is 3.15. The topological polar surface area (TPSA) is 67.9 Å². The van der Waals surface area contributed by atoms with Crippen LogP contribution in [-0.4, -0.2) is 44.6 Å². The highest BCUT2D eigenvalue weighted by molar-refractivity contribution is 6.01. The summed E-state index contributed by atoms with van der Waals surface area (Å²) in [5.41, 5.74) is 2.34.